The van der Waals surface area contributed by atoms with Crippen LogP contribution in [0.2, 0.25) is 0 Å². The number of hydrogen-bond acceptors (Lipinski definition) is 4. The van der Waals surface area contributed by atoms with Crippen LogP contribution in [0.1, 0.15) is 30.1 Å². The van der Waals surface area contributed by atoms with Gasteiger partial charge in [-0.15, -0.1) is 0 Å². The smallest absolute Gasteiger partial charge is 0.243 e. The molecule has 0 spiro atoms. The minimum Gasteiger partial charge on any atom is -0.387 e. The number of carbonyl (C=O) groups excluding carboxylic acids is 1. The summed E-state index contributed by atoms with van der Waals surface area (Å²) in [6.45, 7) is 1.72. The molecule has 0 aromatic heterocycles. The lowest BCUT2D eigenvalue weighted by Crippen LogP contribution is -2.64. The molecule has 1 aliphatic carbocycles. The van der Waals surface area contributed by atoms with Crippen LogP contribution in [0.4, 0.5) is 0 Å². The van der Waals surface area contributed by atoms with Crippen molar-refractivity contribution >= 4 is 15.8 Å². The maximum Gasteiger partial charge on any atom is 0.243 e. The van der Waals surface area contributed by atoms with Crippen molar-refractivity contribution in [1.82, 2.24) is 4.31 Å². The highest BCUT2D eigenvalue weighted by Crippen LogP contribution is 2.45. The number of rotatable bonds is 4. The molecule has 0 atom stereocenters. The molecule has 0 unspecified atom stereocenters. The Morgan fingerprint density at radius 1 is 1.35 bits per heavy atom. The van der Waals surface area contributed by atoms with Crippen molar-refractivity contribution in [2.24, 2.45) is 5.92 Å². The largest absolute Gasteiger partial charge is 0.387 e. The van der Waals surface area contributed by atoms with Gasteiger partial charge in [0.2, 0.25) is 10.0 Å². The van der Waals surface area contributed by atoms with E-state index in [4.69, 9.17) is 0 Å². The van der Waals surface area contributed by atoms with Gasteiger partial charge in [-0.2, -0.15) is 4.31 Å². The Balaban J connectivity index is 1.82. The normalized spacial score (nSPS) is 22.3. The zero-order valence-corrected chi connectivity index (χ0v) is 12.1. The van der Waals surface area contributed by atoms with E-state index in [1.807, 2.05) is 0 Å². The Labute approximate surface area is 118 Å². The number of Topliss-reactive ketones (excluding diaryl/α,β-unsaturated/α-hetero) is 1. The molecule has 1 aliphatic heterocycles. The molecular formula is C14H17NO4S. The van der Waals surface area contributed by atoms with Crippen molar-refractivity contribution in [3.8, 4) is 0 Å². The van der Waals surface area contributed by atoms with Crippen LogP contribution in [0.5, 0.6) is 0 Å². The molecule has 0 amide bonds. The van der Waals surface area contributed by atoms with Crippen LogP contribution >= 0.6 is 0 Å². The fraction of sp³-hybridized carbons (Fsp3) is 0.500. The summed E-state index contributed by atoms with van der Waals surface area (Å²) in [5, 5.41) is 10.2. The first-order valence-electron chi connectivity index (χ1n) is 6.66. The SMILES string of the molecule is CC(=O)c1cccc(S(=O)(=O)N2CC(O)(C3CC3)C2)c1. The molecule has 1 N–H and O–H groups in total. The number of hydrogen-bond donors (Lipinski definition) is 1. The van der Waals surface area contributed by atoms with Gasteiger partial charge in [0.25, 0.3) is 0 Å². The van der Waals surface area contributed by atoms with E-state index in [1.54, 1.807) is 12.1 Å². The van der Waals surface area contributed by atoms with E-state index in [1.165, 1.54) is 23.4 Å². The number of sulfonamides is 1. The average Bonchev–Trinajstić information content (AvgIpc) is 3.19. The highest BCUT2D eigenvalue weighted by Gasteiger charge is 2.55. The summed E-state index contributed by atoms with van der Waals surface area (Å²) in [5.74, 6) is 0.0812. The minimum absolute atomic E-state index is 0.114. The Hall–Kier alpha value is -1.24. The van der Waals surface area contributed by atoms with E-state index in [9.17, 15) is 18.3 Å². The number of benzene rings is 1. The predicted molar refractivity (Wildman–Crippen MR) is 72.9 cm³/mol. The molecule has 1 saturated carbocycles. The van der Waals surface area contributed by atoms with Gasteiger partial charge in [0.05, 0.1) is 10.5 Å². The van der Waals surface area contributed by atoms with E-state index in [2.05, 4.69) is 0 Å². The monoisotopic (exact) mass is 295 g/mol. The van der Waals surface area contributed by atoms with Crippen LogP contribution in [0.3, 0.4) is 0 Å². The maximum atomic E-state index is 12.4. The quantitative estimate of drug-likeness (QED) is 0.842. The van der Waals surface area contributed by atoms with Crippen LogP contribution in [0.25, 0.3) is 0 Å². The summed E-state index contributed by atoms with van der Waals surface area (Å²) in [5.41, 5.74) is -0.463. The third kappa shape index (κ3) is 2.17. The average molecular weight is 295 g/mol. The van der Waals surface area contributed by atoms with Crippen molar-refractivity contribution in [1.29, 1.82) is 0 Å². The van der Waals surface area contributed by atoms with Crippen LogP contribution in [-0.4, -0.2) is 42.3 Å². The molecule has 2 aliphatic rings. The Bertz CT molecular complexity index is 658. The van der Waals surface area contributed by atoms with E-state index in [0.717, 1.165) is 12.8 Å². The first-order valence-corrected chi connectivity index (χ1v) is 8.10. The van der Waals surface area contributed by atoms with Crippen LogP contribution in [0.15, 0.2) is 29.2 Å². The zero-order chi connectivity index (χ0) is 14.5. The lowest BCUT2D eigenvalue weighted by atomic mass is 9.91. The van der Waals surface area contributed by atoms with Crippen LogP contribution < -0.4 is 0 Å². The first kappa shape index (κ1) is 13.7. The molecule has 1 aromatic rings. The topological polar surface area (TPSA) is 74.7 Å². The van der Waals surface area contributed by atoms with Crippen LogP contribution in [0, 0.1) is 5.92 Å². The highest BCUT2D eigenvalue weighted by atomic mass is 32.2. The molecule has 1 saturated heterocycles. The molecule has 3 rings (SSSR count). The number of carbonyl (C=O) groups is 1. The van der Waals surface area contributed by atoms with E-state index in [0.29, 0.717) is 5.56 Å². The summed E-state index contributed by atoms with van der Waals surface area (Å²) in [6, 6.07) is 6.04. The fourth-order valence-electron chi connectivity index (χ4n) is 2.64. The molecule has 5 nitrogen and oxygen atoms in total. The molecule has 0 bridgehead atoms. The van der Waals surface area contributed by atoms with Gasteiger partial charge in [0, 0.05) is 18.7 Å². The van der Waals surface area contributed by atoms with Crippen molar-refractivity contribution in [3.63, 3.8) is 0 Å². The molecule has 1 aromatic carbocycles. The Morgan fingerprint density at radius 2 is 2.00 bits per heavy atom. The molecule has 20 heavy (non-hydrogen) atoms. The second kappa shape index (κ2) is 4.38. The molecule has 6 heteroatoms. The third-order valence-electron chi connectivity index (χ3n) is 4.12. The molecular weight excluding hydrogens is 278 g/mol. The van der Waals surface area contributed by atoms with Crippen molar-refractivity contribution in [2.45, 2.75) is 30.3 Å². The van der Waals surface area contributed by atoms with Crippen molar-refractivity contribution < 1.29 is 18.3 Å². The predicted octanol–water partition coefficient (Wildman–Crippen LogP) is 1.03. The summed E-state index contributed by atoms with van der Waals surface area (Å²) in [6.07, 6.45) is 1.95. The molecule has 108 valence electrons. The van der Waals surface area contributed by atoms with Crippen molar-refractivity contribution in [3.05, 3.63) is 29.8 Å². The second-order valence-electron chi connectivity index (χ2n) is 5.73. The fourth-order valence-corrected chi connectivity index (χ4v) is 4.25. The summed E-state index contributed by atoms with van der Waals surface area (Å²) >= 11 is 0. The first-order chi connectivity index (χ1) is 9.33. The lowest BCUT2D eigenvalue weighted by molar-refractivity contribution is -0.0764. The van der Waals surface area contributed by atoms with Gasteiger partial charge in [0.15, 0.2) is 5.78 Å². The minimum atomic E-state index is -3.61. The van der Waals surface area contributed by atoms with Gasteiger partial charge in [-0.3, -0.25) is 4.79 Å². The van der Waals surface area contributed by atoms with Crippen LogP contribution in [-0.2, 0) is 10.0 Å². The van der Waals surface area contributed by atoms with Gasteiger partial charge < -0.3 is 5.11 Å². The molecule has 0 radical (unpaired) electrons. The van der Waals surface area contributed by atoms with E-state index < -0.39 is 15.6 Å². The standard InChI is InChI=1S/C14H17NO4S/c1-10(16)11-3-2-4-13(7-11)20(18,19)15-8-14(17,9-15)12-5-6-12/h2-4,7,12,17H,5-6,8-9H2,1H3. The van der Waals surface area contributed by atoms with Crippen molar-refractivity contribution in [2.75, 3.05) is 13.1 Å². The molecule has 1 heterocycles. The molecule has 2 fully saturated rings. The summed E-state index contributed by atoms with van der Waals surface area (Å²) in [7, 11) is -3.61. The lowest BCUT2D eigenvalue weighted by Gasteiger charge is -2.45. The van der Waals surface area contributed by atoms with Gasteiger partial charge >= 0.3 is 0 Å². The highest BCUT2D eigenvalue weighted by molar-refractivity contribution is 7.89. The van der Waals surface area contributed by atoms with Gasteiger partial charge in [-0.1, -0.05) is 12.1 Å². The van der Waals surface area contributed by atoms with E-state index in [-0.39, 0.29) is 29.7 Å². The summed E-state index contributed by atoms with van der Waals surface area (Å²) < 4.78 is 26.1. The number of β-amino-alcohol motifs (C(OH)–C–C–N with tert-alkyl or cyclic N) is 1. The van der Waals surface area contributed by atoms with E-state index >= 15 is 0 Å². The van der Waals surface area contributed by atoms with Gasteiger partial charge in [-0.05, 0) is 37.8 Å². The second-order valence-corrected chi connectivity index (χ2v) is 7.67. The third-order valence-corrected chi connectivity index (χ3v) is 5.90. The number of nitrogens with zero attached hydrogens (tertiary/aromatic N) is 1. The zero-order valence-electron chi connectivity index (χ0n) is 11.2. The van der Waals surface area contributed by atoms with Gasteiger partial charge in [-0.25, -0.2) is 8.42 Å². The Kier molecular flexibility index (Phi) is 3.00. The van der Waals surface area contributed by atoms with Gasteiger partial charge in [0.1, 0.15) is 0 Å². The maximum absolute atomic E-state index is 12.4. The Morgan fingerprint density at radius 3 is 2.55 bits per heavy atom. The summed E-state index contributed by atoms with van der Waals surface area (Å²) in [4.78, 5) is 11.4. The number of ketones is 1. The number of aliphatic hydroxyl groups is 1.